The number of hydrogen-bond acceptors (Lipinski definition) is 3. The van der Waals surface area contributed by atoms with Crippen molar-refractivity contribution in [3.63, 3.8) is 0 Å². The Hall–Kier alpha value is -1.59. The van der Waals surface area contributed by atoms with Gasteiger partial charge >= 0.3 is 6.03 Å². The van der Waals surface area contributed by atoms with Gasteiger partial charge in [-0.05, 0) is 43.4 Å². The van der Waals surface area contributed by atoms with Crippen molar-refractivity contribution in [2.75, 3.05) is 25.6 Å². The molecule has 0 atom stereocenters. The predicted octanol–water partition coefficient (Wildman–Crippen LogP) is 2.60. The van der Waals surface area contributed by atoms with Crippen LogP contribution in [0.2, 0.25) is 0 Å². The Morgan fingerprint density at radius 2 is 2.24 bits per heavy atom. The minimum absolute atomic E-state index is 0.0509. The van der Waals surface area contributed by atoms with Crippen molar-refractivity contribution in [1.82, 2.24) is 4.90 Å². The molecular weight excluding hydrogens is 268 g/mol. The van der Waals surface area contributed by atoms with Gasteiger partial charge in [0.1, 0.15) is 0 Å². The molecule has 1 aromatic carbocycles. The van der Waals surface area contributed by atoms with Crippen molar-refractivity contribution in [3.8, 4) is 0 Å². The topological polar surface area (TPSA) is 61.8 Å². The first-order valence-electron chi connectivity index (χ1n) is 7.51. The first-order valence-corrected chi connectivity index (χ1v) is 7.51. The van der Waals surface area contributed by atoms with Crippen molar-refractivity contribution < 1.29 is 14.6 Å². The lowest BCUT2D eigenvalue weighted by Crippen LogP contribution is -2.37. The van der Waals surface area contributed by atoms with Crippen LogP contribution in [0.5, 0.6) is 0 Å². The number of nitrogens with one attached hydrogen (secondary N) is 1. The summed E-state index contributed by atoms with van der Waals surface area (Å²) in [4.78, 5) is 14.3. The number of amides is 2. The number of benzene rings is 1. The summed E-state index contributed by atoms with van der Waals surface area (Å²) in [6.45, 7) is 1.42. The zero-order valence-corrected chi connectivity index (χ0v) is 12.5. The van der Waals surface area contributed by atoms with E-state index in [4.69, 9.17) is 9.84 Å². The number of rotatable bonds is 8. The number of aliphatic hydroxyl groups is 1. The molecule has 1 aliphatic carbocycles. The second-order valence-electron chi connectivity index (χ2n) is 5.42. The Bertz CT molecular complexity index is 461. The lowest BCUT2D eigenvalue weighted by atomic mass is 10.2. The fourth-order valence-corrected chi connectivity index (χ4v) is 2.33. The van der Waals surface area contributed by atoms with E-state index in [2.05, 4.69) is 5.32 Å². The second-order valence-corrected chi connectivity index (χ2v) is 5.42. The number of hydrogen-bond donors (Lipinski definition) is 2. The number of carbonyl (C=O) groups excluding carboxylic acids is 1. The van der Waals surface area contributed by atoms with Crippen LogP contribution in [0.15, 0.2) is 24.3 Å². The van der Waals surface area contributed by atoms with E-state index >= 15 is 0 Å². The Kier molecular flexibility index (Phi) is 6.02. The largest absolute Gasteiger partial charge is 0.396 e. The third-order valence-electron chi connectivity index (χ3n) is 3.54. The summed E-state index contributed by atoms with van der Waals surface area (Å²) in [6.07, 6.45) is 3.73. The molecule has 0 spiro atoms. The van der Waals surface area contributed by atoms with E-state index < -0.39 is 0 Å². The average molecular weight is 292 g/mol. The fraction of sp³-hybridized carbons (Fsp3) is 0.562. The first kappa shape index (κ1) is 15.8. The summed E-state index contributed by atoms with van der Waals surface area (Å²) in [6, 6.07) is 8.02. The van der Waals surface area contributed by atoms with E-state index in [9.17, 15) is 4.79 Å². The summed E-state index contributed by atoms with van der Waals surface area (Å²) >= 11 is 0. The van der Waals surface area contributed by atoms with Crippen LogP contribution in [0.3, 0.4) is 0 Å². The summed E-state index contributed by atoms with van der Waals surface area (Å²) in [5.74, 6) is 0. The van der Waals surface area contributed by atoms with Crippen LogP contribution < -0.4 is 5.32 Å². The first-order chi connectivity index (χ1) is 10.2. The Balaban J connectivity index is 1.92. The van der Waals surface area contributed by atoms with Crippen LogP contribution in [-0.4, -0.2) is 42.3 Å². The smallest absolute Gasteiger partial charge is 0.322 e. The fourth-order valence-electron chi connectivity index (χ4n) is 2.33. The maximum absolute atomic E-state index is 12.4. The molecule has 1 aliphatic rings. The van der Waals surface area contributed by atoms with Crippen molar-refractivity contribution in [3.05, 3.63) is 29.8 Å². The molecular formula is C16H24N2O3. The maximum atomic E-state index is 12.4. The van der Waals surface area contributed by atoms with Gasteiger partial charge in [-0.25, -0.2) is 4.79 Å². The van der Waals surface area contributed by atoms with Gasteiger partial charge in [-0.1, -0.05) is 12.1 Å². The van der Waals surface area contributed by atoms with Gasteiger partial charge in [0, 0.05) is 32.0 Å². The molecule has 5 heteroatoms. The van der Waals surface area contributed by atoms with Crippen LogP contribution in [0.1, 0.15) is 31.2 Å². The molecule has 2 amide bonds. The Morgan fingerprint density at radius 1 is 1.43 bits per heavy atom. The van der Waals surface area contributed by atoms with E-state index in [1.165, 1.54) is 0 Å². The van der Waals surface area contributed by atoms with Crippen molar-refractivity contribution in [1.29, 1.82) is 0 Å². The third-order valence-corrected chi connectivity index (χ3v) is 3.54. The molecule has 5 nitrogen and oxygen atoms in total. The number of urea groups is 1. The third kappa shape index (κ3) is 5.02. The second kappa shape index (κ2) is 8.00. The number of methoxy groups -OCH3 is 1. The molecule has 0 aromatic heterocycles. The quantitative estimate of drug-likeness (QED) is 0.724. The normalized spacial score (nSPS) is 14.0. The number of carbonyl (C=O) groups is 1. The van der Waals surface area contributed by atoms with Gasteiger partial charge in [0.25, 0.3) is 0 Å². The minimum atomic E-state index is -0.0509. The number of aliphatic hydroxyl groups excluding tert-OH is 1. The SMILES string of the molecule is COCc1cccc(NC(=O)N(CCCCO)C2CC2)c1. The molecule has 2 rings (SSSR count). The van der Waals surface area contributed by atoms with Crippen molar-refractivity contribution in [2.24, 2.45) is 0 Å². The van der Waals surface area contributed by atoms with Gasteiger partial charge in [0.05, 0.1) is 6.61 Å². The van der Waals surface area contributed by atoms with Crippen LogP contribution in [0, 0.1) is 0 Å². The zero-order valence-electron chi connectivity index (χ0n) is 12.5. The zero-order chi connectivity index (χ0) is 15.1. The highest BCUT2D eigenvalue weighted by atomic mass is 16.5. The monoisotopic (exact) mass is 292 g/mol. The van der Waals surface area contributed by atoms with Gasteiger partial charge in [-0.3, -0.25) is 0 Å². The van der Waals surface area contributed by atoms with E-state index in [-0.39, 0.29) is 12.6 Å². The van der Waals surface area contributed by atoms with Gasteiger partial charge in [-0.2, -0.15) is 0 Å². The summed E-state index contributed by atoms with van der Waals surface area (Å²) in [7, 11) is 1.65. The van der Waals surface area contributed by atoms with Crippen LogP contribution in [-0.2, 0) is 11.3 Å². The number of unbranched alkanes of at least 4 members (excludes halogenated alkanes) is 1. The van der Waals surface area contributed by atoms with E-state index in [0.29, 0.717) is 19.2 Å². The summed E-state index contributed by atoms with van der Waals surface area (Å²) in [5, 5.41) is 11.8. The van der Waals surface area contributed by atoms with E-state index in [1.54, 1.807) is 7.11 Å². The molecule has 0 unspecified atom stereocenters. The molecule has 1 aromatic rings. The minimum Gasteiger partial charge on any atom is -0.396 e. The van der Waals surface area contributed by atoms with Crippen LogP contribution >= 0.6 is 0 Å². The highest BCUT2D eigenvalue weighted by Gasteiger charge is 2.32. The van der Waals surface area contributed by atoms with E-state index in [0.717, 1.165) is 36.9 Å². The molecule has 0 radical (unpaired) electrons. The highest BCUT2D eigenvalue weighted by Crippen LogP contribution is 2.28. The van der Waals surface area contributed by atoms with E-state index in [1.807, 2.05) is 29.2 Å². The molecule has 1 fully saturated rings. The number of ether oxygens (including phenoxy) is 1. The lowest BCUT2D eigenvalue weighted by molar-refractivity contribution is 0.185. The molecule has 21 heavy (non-hydrogen) atoms. The molecule has 0 heterocycles. The molecule has 2 N–H and O–H groups in total. The average Bonchev–Trinajstić information content (AvgIpc) is 3.29. The predicted molar refractivity (Wildman–Crippen MR) is 82.2 cm³/mol. The number of nitrogens with zero attached hydrogens (tertiary/aromatic N) is 1. The maximum Gasteiger partial charge on any atom is 0.322 e. The summed E-state index contributed by atoms with van der Waals surface area (Å²) in [5.41, 5.74) is 1.83. The molecule has 116 valence electrons. The number of anilines is 1. The van der Waals surface area contributed by atoms with Gasteiger partial charge < -0.3 is 20.1 Å². The molecule has 1 saturated carbocycles. The van der Waals surface area contributed by atoms with Gasteiger partial charge in [0.2, 0.25) is 0 Å². The van der Waals surface area contributed by atoms with Gasteiger partial charge in [0.15, 0.2) is 0 Å². The Labute approximate surface area is 125 Å². The van der Waals surface area contributed by atoms with Crippen LogP contribution in [0.4, 0.5) is 10.5 Å². The van der Waals surface area contributed by atoms with Gasteiger partial charge in [-0.15, -0.1) is 0 Å². The Morgan fingerprint density at radius 3 is 2.90 bits per heavy atom. The van der Waals surface area contributed by atoms with Crippen LogP contribution in [0.25, 0.3) is 0 Å². The van der Waals surface area contributed by atoms with Crippen molar-refractivity contribution in [2.45, 2.75) is 38.3 Å². The molecule has 0 bridgehead atoms. The highest BCUT2D eigenvalue weighted by molar-refractivity contribution is 5.89. The molecule has 0 saturated heterocycles. The van der Waals surface area contributed by atoms with Crippen molar-refractivity contribution >= 4 is 11.7 Å². The lowest BCUT2D eigenvalue weighted by Gasteiger charge is -2.23. The summed E-state index contributed by atoms with van der Waals surface area (Å²) < 4.78 is 5.10. The standard InChI is InChI=1S/C16H24N2O3/c1-21-12-13-5-4-6-14(11-13)17-16(20)18(15-7-8-15)9-2-3-10-19/h4-6,11,15,19H,2-3,7-10,12H2,1H3,(H,17,20). The molecule has 0 aliphatic heterocycles.